The molecule has 0 aliphatic rings. The van der Waals surface area contributed by atoms with E-state index in [1.165, 1.54) is 5.56 Å². The van der Waals surface area contributed by atoms with Crippen LogP contribution in [0, 0.1) is 6.92 Å². The lowest BCUT2D eigenvalue weighted by Gasteiger charge is -2.13. The zero-order valence-corrected chi connectivity index (χ0v) is 12.4. The molecule has 0 bridgehead atoms. The molecule has 0 unspecified atom stereocenters. The van der Waals surface area contributed by atoms with Crippen molar-refractivity contribution in [2.45, 2.75) is 32.3 Å². The molecule has 0 saturated heterocycles. The maximum atomic E-state index is 5.64. The van der Waals surface area contributed by atoms with Crippen molar-refractivity contribution in [3.05, 3.63) is 29.3 Å². The average Bonchev–Trinajstić information content (AvgIpc) is 2.28. The van der Waals surface area contributed by atoms with Crippen LogP contribution in [0.15, 0.2) is 23.1 Å². The van der Waals surface area contributed by atoms with Crippen LogP contribution in [-0.2, 0) is 19.9 Å². The third-order valence-electron chi connectivity index (χ3n) is 2.11. The first-order valence-corrected chi connectivity index (χ1v) is 7.38. The Morgan fingerprint density at radius 1 is 1.12 bits per heavy atom. The van der Waals surface area contributed by atoms with Gasteiger partial charge in [0.15, 0.2) is 0 Å². The minimum Gasteiger partial charge on any atom is -0.371 e. The molecule has 0 amide bonds. The maximum Gasteiger partial charge on any atom is 0.578 e. The Morgan fingerprint density at radius 3 is 2.29 bits per heavy atom. The molecule has 0 atom stereocenters. The van der Waals surface area contributed by atoms with Gasteiger partial charge in [0.1, 0.15) is 0 Å². The summed E-state index contributed by atoms with van der Waals surface area (Å²) in [4.78, 5) is 0.944. The molecule has 1 rings (SSSR count). The Labute approximate surface area is 110 Å². The van der Waals surface area contributed by atoms with Crippen LogP contribution in [0.1, 0.15) is 25.0 Å². The van der Waals surface area contributed by atoms with Crippen molar-refractivity contribution < 1.29 is 13.3 Å². The van der Waals surface area contributed by atoms with E-state index in [2.05, 4.69) is 12.6 Å². The van der Waals surface area contributed by atoms with E-state index < -0.39 is 9.53 Å². The molecule has 0 saturated carbocycles. The summed E-state index contributed by atoms with van der Waals surface area (Å²) in [6.45, 7) is 7.60. The second-order valence-corrected chi connectivity index (χ2v) is 5.38. The Kier molecular flexibility index (Phi) is 6.84. The lowest BCUT2D eigenvalue weighted by Crippen LogP contribution is -2.27. The summed E-state index contributed by atoms with van der Waals surface area (Å²) in [7, 11) is -1.60. The fourth-order valence-electron chi connectivity index (χ4n) is 1.29. The Bertz CT molecular complexity index is 341. The van der Waals surface area contributed by atoms with Gasteiger partial charge in [-0.2, -0.15) is 0 Å². The summed E-state index contributed by atoms with van der Waals surface area (Å²) in [5, 5.41) is 0. The van der Waals surface area contributed by atoms with Gasteiger partial charge in [0.25, 0.3) is 0 Å². The molecule has 3 nitrogen and oxygen atoms in total. The molecule has 17 heavy (non-hydrogen) atoms. The molecule has 0 aliphatic heterocycles. The molecule has 1 aromatic carbocycles. The predicted octanol–water partition coefficient (Wildman–Crippen LogP) is 2.86. The van der Waals surface area contributed by atoms with E-state index in [1.54, 1.807) is 0 Å². The van der Waals surface area contributed by atoms with Crippen LogP contribution in [-0.4, -0.2) is 22.7 Å². The zero-order chi connectivity index (χ0) is 12.7. The quantitative estimate of drug-likeness (QED) is 0.610. The number of benzene rings is 1. The van der Waals surface area contributed by atoms with Crippen LogP contribution >= 0.6 is 12.6 Å². The first-order valence-electron chi connectivity index (χ1n) is 5.71. The molecular weight excluding hydrogens is 252 g/mol. The second kappa shape index (κ2) is 7.89. The number of aryl methyl sites for hydroxylation is 1. The van der Waals surface area contributed by atoms with E-state index in [4.69, 9.17) is 13.3 Å². The van der Waals surface area contributed by atoms with Gasteiger partial charge in [0.05, 0.1) is 6.61 Å². The number of rotatable bonds is 7. The lowest BCUT2D eigenvalue weighted by molar-refractivity contribution is 0.0955. The Morgan fingerprint density at radius 2 is 1.76 bits per heavy atom. The molecule has 1 radical (unpaired) electrons. The highest BCUT2D eigenvalue weighted by atomic mass is 32.1. The number of hydrogen-bond acceptors (Lipinski definition) is 4. The van der Waals surface area contributed by atoms with Gasteiger partial charge in [0, 0.05) is 18.1 Å². The molecule has 0 spiro atoms. The van der Waals surface area contributed by atoms with Crippen molar-refractivity contribution in [2.75, 3.05) is 13.2 Å². The van der Waals surface area contributed by atoms with E-state index in [1.807, 2.05) is 39.0 Å². The van der Waals surface area contributed by atoms with Crippen LogP contribution in [0.4, 0.5) is 0 Å². The van der Waals surface area contributed by atoms with E-state index in [0.29, 0.717) is 19.8 Å². The van der Waals surface area contributed by atoms with E-state index in [9.17, 15) is 0 Å². The van der Waals surface area contributed by atoms with Gasteiger partial charge >= 0.3 is 9.53 Å². The Hall–Kier alpha value is -0.333. The summed E-state index contributed by atoms with van der Waals surface area (Å²) < 4.78 is 16.4. The highest BCUT2D eigenvalue weighted by Crippen LogP contribution is 2.17. The third-order valence-corrected chi connectivity index (χ3v) is 3.96. The van der Waals surface area contributed by atoms with Crippen LogP contribution in [0.25, 0.3) is 0 Å². The number of hydrogen-bond donors (Lipinski definition) is 1. The zero-order valence-electron chi connectivity index (χ0n) is 10.5. The highest BCUT2D eigenvalue weighted by Gasteiger charge is 2.18. The monoisotopic (exact) mass is 271 g/mol. The topological polar surface area (TPSA) is 27.7 Å². The van der Waals surface area contributed by atoms with Crippen molar-refractivity contribution in [3.63, 3.8) is 0 Å². The average molecular weight is 271 g/mol. The highest BCUT2D eigenvalue weighted by molar-refractivity contribution is 7.80. The van der Waals surface area contributed by atoms with Gasteiger partial charge in [-0.3, -0.25) is 0 Å². The minimum atomic E-state index is -1.60. The molecule has 0 heterocycles. The van der Waals surface area contributed by atoms with Gasteiger partial charge in [-0.05, 0) is 32.4 Å². The van der Waals surface area contributed by atoms with Gasteiger partial charge in [0.2, 0.25) is 0 Å². The van der Waals surface area contributed by atoms with Crippen LogP contribution in [0.2, 0.25) is 0 Å². The first-order chi connectivity index (χ1) is 8.17. The van der Waals surface area contributed by atoms with Crippen LogP contribution < -0.4 is 0 Å². The van der Waals surface area contributed by atoms with Gasteiger partial charge in [-0.25, -0.2) is 0 Å². The fraction of sp³-hybridized carbons (Fsp3) is 0.500. The van der Waals surface area contributed by atoms with Gasteiger partial charge in [-0.15, -0.1) is 12.6 Å². The largest absolute Gasteiger partial charge is 0.578 e. The molecular formula is C12H19O3SSi. The van der Waals surface area contributed by atoms with E-state index >= 15 is 0 Å². The summed E-state index contributed by atoms with van der Waals surface area (Å²) in [5.41, 5.74) is 2.25. The van der Waals surface area contributed by atoms with E-state index in [-0.39, 0.29) is 0 Å². The third kappa shape index (κ3) is 5.22. The standard InChI is InChI=1S/C12H19O3SSi/c1-4-13-17(14-5-2)15-9-11-7-6-10(3)8-12(11)16/h6-8,16H,4-5,9H2,1-3H3. The maximum absolute atomic E-state index is 5.64. The molecule has 5 heteroatoms. The van der Waals surface area contributed by atoms with Crippen molar-refractivity contribution >= 4 is 22.2 Å². The number of thiol groups is 1. The normalized spacial score (nSPS) is 11.1. The predicted molar refractivity (Wildman–Crippen MR) is 72.2 cm³/mol. The minimum absolute atomic E-state index is 0.480. The summed E-state index contributed by atoms with van der Waals surface area (Å²) in [6.07, 6.45) is 0. The van der Waals surface area contributed by atoms with Crippen LogP contribution in [0.3, 0.4) is 0 Å². The second-order valence-electron chi connectivity index (χ2n) is 3.54. The van der Waals surface area contributed by atoms with Crippen molar-refractivity contribution in [3.8, 4) is 0 Å². The van der Waals surface area contributed by atoms with Gasteiger partial charge < -0.3 is 13.3 Å². The summed E-state index contributed by atoms with van der Waals surface area (Å²) in [5.74, 6) is 0. The lowest BCUT2D eigenvalue weighted by atomic mass is 10.2. The first kappa shape index (κ1) is 14.7. The molecule has 0 N–H and O–H groups in total. The van der Waals surface area contributed by atoms with Gasteiger partial charge in [-0.1, -0.05) is 17.7 Å². The molecule has 0 aromatic heterocycles. The van der Waals surface area contributed by atoms with Crippen molar-refractivity contribution in [2.24, 2.45) is 0 Å². The molecule has 1 aromatic rings. The molecule has 0 aliphatic carbocycles. The molecule has 95 valence electrons. The van der Waals surface area contributed by atoms with E-state index in [0.717, 1.165) is 10.5 Å². The summed E-state index contributed by atoms with van der Waals surface area (Å²) in [6, 6.07) is 6.09. The summed E-state index contributed by atoms with van der Waals surface area (Å²) >= 11 is 4.42. The molecule has 0 fully saturated rings. The Balaban J connectivity index is 2.52. The van der Waals surface area contributed by atoms with Crippen molar-refractivity contribution in [1.29, 1.82) is 0 Å². The SMILES string of the molecule is CCO[Si](OCC)OCc1ccc(C)cc1S. The van der Waals surface area contributed by atoms with Crippen LogP contribution in [0.5, 0.6) is 0 Å². The fourth-order valence-corrected chi connectivity index (χ4v) is 2.63. The van der Waals surface area contributed by atoms with Crippen molar-refractivity contribution in [1.82, 2.24) is 0 Å². The smallest absolute Gasteiger partial charge is 0.371 e.